The number of aromatic nitrogens is 1. The van der Waals surface area contributed by atoms with Gasteiger partial charge in [-0.25, -0.2) is 4.98 Å². The van der Waals surface area contributed by atoms with Crippen LogP contribution < -0.4 is 0 Å². The van der Waals surface area contributed by atoms with Gasteiger partial charge in [0, 0.05) is 37.4 Å². The van der Waals surface area contributed by atoms with Gasteiger partial charge >= 0.3 is 0 Å². The number of ketones is 1. The zero-order valence-corrected chi connectivity index (χ0v) is 17.8. The lowest BCUT2D eigenvalue weighted by molar-refractivity contribution is -0.132. The third-order valence-electron chi connectivity index (χ3n) is 5.83. The van der Waals surface area contributed by atoms with Crippen LogP contribution in [-0.4, -0.2) is 34.7 Å². The number of carbonyl (C=O) groups is 2. The van der Waals surface area contributed by atoms with Gasteiger partial charge in [-0.05, 0) is 56.0 Å². The van der Waals surface area contributed by atoms with Crippen molar-refractivity contribution < 1.29 is 9.59 Å². The van der Waals surface area contributed by atoms with Crippen LogP contribution in [0.2, 0.25) is 0 Å². The topological polar surface area (TPSA) is 50.3 Å². The Morgan fingerprint density at radius 1 is 1.10 bits per heavy atom. The highest BCUT2D eigenvalue weighted by Gasteiger charge is 2.27. The molecule has 3 aromatic rings. The molecule has 150 valence electrons. The van der Waals surface area contributed by atoms with E-state index in [1.165, 1.54) is 10.3 Å². The standard InChI is InChI=1S/C24H26N2O2S/c1-16-9-10-18(14-17(16)2)21(27)11-12-23(28)26-13-5-6-19(15-26)24-25-20-7-3-4-8-22(20)29-24/h3-4,7-10,14,19H,5-6,11-13,15H2,1-2H3/t19-/m1/s1. The Labute approximate surface area is 175 Å². The summed E-state index contributed by atoms with van der Waals surface area (Å²) < 4.78 is 1.20. The molecular formula is C24H26N2O2S. The van der Waals surface area contributed by atoms with Crippen LogP contribution >= 0.6 is 11.3 Å². The number of fused-ring (bicyclic) bond motifs is 1. The molecule has 2 aromatic carbocycles. The van der Waals surface area contributed by atoms with Gasteiger partial charge in [0.25, 0.3) is 0 Å². The summed E-state index contributed by atoms with van der Waals surface area (Å²) in [4.78, 5) is 32.0. The lowest BCUT2D eigenvalue weighted by Crippen LogP contribution is -2.39. The lowest BCUT2D eigenvalue weighted by Gasteiger charge is -2.32. The zero-order chi connectivity index (χ0) is 20.4. The summed E-state index contributed by atoms with van der Waals surface area (Å²) in [6, 6.07) is 13.9. The van der Waals surface area contributed by atoms with E-state index in [4.69, 9.17) is 4.98 Å². The third-order valence-corrected chi connectivity index (χ3v) is 7.03. The van der Waals surface area contributed by atoms with Gasteiger partial charge in [0.2, 0.25) is 5.91 Å². The smallest absolute Gasteiger partial charge is 0.223 e. The van der Waals surface area contributed by atoms with Crippen LogP contribution in [0, 0.1) is 13.8 Å². The molecule has 29 heavy (non-hydrogen) atoms. The lowest BCUT2D eigenvalue weighted by atomic mass is 9.97. The zero-order valence-electron chi connectivity index (χ0n) is 17.0. The van der Waals surface area contributed by atoms with E-state index in [2.05, 4.69) is 6.07 Å². The van der Waals surface area contributed by atoms with E-state index in [1.54, 1.807) is 11.3 Å². The van der Waals surface area contributed by atoms with Crippen molar-refractivity contribution in [3.8, 4) is 0 Å². The summed E-state index contributed by atoms with van der Waals surface area (Å²) >= 11 is 1.73. The van der Waals surface area contributed by atoms with E-state index in [0.29, 0.717) is 18.0 Å². The maximum atomic E-state index is 12.8. The van der Waals surface area contributed by atoms with Crippen molar-refractivity contribution in [1.29, 1.82) is 0 Å². The van der Waals surface area contributed by atoms with Gasteiger partial charge in [-0.2, -0.15) is 0 Å². The summed E-state index contributed by atoms with van der Waals surface area (Å²) in [5.41, 5.74) is 4.02. The van der Waals surface area contributed by atoms with Gasteiger partial charge in [-0.1, -0.05) is 24.3 Å². The molecule has 1 aromatic heterocycles. The summed E-state index contributed by atoms with van der Waals surface area (Å²) in [6.45, 7) is 5.52. The highest BCUT2D eigenvalue weighted by atomic mass is 32.1. The Balaban J connectivity index is 1.37. The molecule has 4 nitrogen and oxygen atoms in total. The first-order valence-electron chi connectivity index (χ1n) is 10.2. The Morgan fingerprint density at radius 3 is 2.72 bits per heavy atom. The Kier molecular flexibility index (Phi) is 5.76. The molecule has 0 saturated carbocycles. The van der Waals surface area contributed by atoms with E-state index >= 15 is 0 Å². The second-order valence-electron chi connectivity index (χ2n) is 7.92. The van der Waals surface area contributed by atoms with Crippen molar-refractivity contribution in [2.24, 2.45) is 0 Å². The van der Waals surface area contributed by atoms with E-state index in [1.807, 2.05) is 55.1 Å². The fourth-order valence-corrected chi connectivity index (χ4v) is 5.00. The number of aryl methyl sites for hydroxylation is 2. The van der Waals surface area contributed by atoms with Gasteiger partial charge < -0.3 is 4.90 Å². The maximum absolute atomic E-state index is 12.8. The van der Waals surface area contributed by atoms with Crippen molar-refractivity contribution in [3.05, 3.63) is 64.2 Å². The molecule has 0 aliphatic carbocycles. The molecule has 0 bridgehead atoms. The number of likely N-dealkylation sites (tertiary alicyclic amines) is 1. The van der Waals surface area contributed by atoms with Crippen molar-refractivity contribution >= 4 is 33.2 Å². The number of nitrogens with zero attached hydrogens (tertiary/aromatic N) is 2. The van der Waals surface area contributed by atoms with Gasteiger partial charge in [0.1, 0.15) is 0 Å². The molecule has 1 aliphatic rings. The van der Waals surface area contributed by atoms with Crippen LogP contribution in [0.1, 0.15) is 58.1 Å². The molecule has 0 radical (unpaired) electrons. The maximum Gasteiger partial charge on any atom is 0.223 e. The van der Waals surface area contributed by atoms with E-state index in [9.17, 15) is 9.59 Å². The Bertz CT molecular complexity index is 1020. The van der Waals surface area contributed by atoms with Crippen molar-refractivity contribution in [2.45, 2.75) is 45.4 Å². The minimum absolute atomic E-state index is 0.0428. The quantitative estimate of drug-likeness (QED) is 0.542. The van der Waals surface area contributed by atoms with Crippen molar-refractivity contribution in [1.82, 2.24) is 9.88 Å². The van der Waals surface area contributed by atoms with Crippen LogP contribution in [0.25, 0.3) is 10.2 Å². The number of rotatable bonds is 5. The van der Waals surface area contributed by atoms with Crippen LogP contribution in [0.5, 0.6) is 0 Å². The number of hydrogen-bond donors (Lipinski definition) is 0. The number of carbonyl (C=O) groups excluding carboxylic acids is 2. The number of amides is 1. The first-order valence-corrected chi connectivity index (χ1v) is 11.1. The number of thiazole rings is 1. The average Bonchev–Trinajstić information content (AvgIpc) is 3.18. The fourth-order valence-electron chi connectivity index (χ4n) is 3.91. The molecule has 0 N–H and O–H groups in total. The molecule has 0 unspecified atom stereocenters. The van der Waals surface area contributed by atoms with Gasteiger partial charge in [0.05, 0.1) is 15.2 Å². The Morgan fingerprint density at radius 2 is 1.93 bits per heavy atom. The highest BCUT2D eigenvalue weighted by Crippen LogP contribution is 2.33. The number of Topliss-reactive ketones (excluding diaryl/α,β-unsaturated/α-hetero) is 1. The number of benzene rings is 2. The summed E-state index contributed by atoms with van der Waals surface area (Å²) in [5, 5.41) is 1.12. The third kappa shape index (κ3) is 4.40. The van der Waals surface area contributed by atoms with E-state index < -0.39 is 0 Å². The minimum atomic E-state index is 0.0428. The number of hydrogen-bond acceptors (Lipinski definition) is 4. The van der Waals surface area contributed by atoms with Gasteiger partial charge in [-0.15, -0.1) is 11.3 Å². The minimum Gasteiger partial charge on any atom is -0.342 e. The van der Waals surface area contributed by atoms with Crippen molar-refractivity contribution in [2.75, 3.05) is 13.1 Å². The second kappa shape index (κ2) is 8.46. The molecule has 1 amide bonds. The normalized spacial score (nSPS) is 16.9. The fraction of sp³-hybridized carbons (Fsp3) is 0.375. The molecule has 1 saturated heterocycles. The molecular weight excluding hydrogens is 380 g/mol. The van der Waals surface area contributed by atoms with Gasteiger partial charge in [-0.3, -0.25) is 9.59 Å². The molecule has 4 rings (SSSR count). The molecule has 1 aliphatic heterocycles. The van der Waals surface area contributed by atoms with Crippen molar-refractivity contribution in [3.63, 3.8) is 0 Å². The van der Waals surface area contributed by atoms with Crippen LogP contribution in [0.3, 0.4) is 0 Å². The SMILES string of the molecule is Cc1ccc(C(=O)CCC(=O)N2CCC[C@@H](c3nc4ccccc4s3)C2)cc1C. The van der Waals surface area contributed by atoms with E-state index in [-0.39, 0.29) is 24.5 Å². The van der Waals surface area contributed by atoms with Crippen LogP contribution in [0.15, 0.2) is 42.5 Å². The first-order chi connectivity index (χ1) is 14.0. The molecule has 1 atom stereocenters. The number of piperidine rings is 1. The molecule has 1 fully saturated rings. The largest absolute Gasteiger partial charge is 0.342 e. The van der Waals surface area contributed by atoms with Gasteiger partial charge in [0.15, 0.2) is 5.78 Å². The van der Waals surface area contributed by atoms with E-state index in [0.717, 1.165) is 35.5 Å². The molecule has 0 spiro atoms. The summed E-state index contributed by atoms with van der Waals surface area (Å²) in [5.74, 6) is 0.412. The monoisotopic (exact) mass is 406 g/mol. The van der Waals surface area contributed by atoms with Crippen LogP contribution in [-0.2, 0) is 4.79 Å². The second-order valence-corrected chi connectivity index (χ2v) is 8.98. The predicted octanol–water partition coefficient (Wildman–Crippen LogP) is 5.28. The number of para-hydroxylation sites is 1. The molecule has 5 heteroatoms. The summed E-state index contributed by atoms with van der Waals surface area (Å²) in [6.07, 6.45) is 2.59. The van der Waals surface area contributed by atoms with Crippen LogP contribution in [0.4, 0.5) is 0 Å². The summed E-state index contributed by atoms with van der Waals surface area (Å²) in [7, 11) is 0. The predicted molar refractivity (Wildman–Crippen MR) is 118 cm³/mol. The average molecular weight is 407 g/mol. The highest BCUT2D eigenvalue weighted by molar-refractivity contribution is 7.18. The first kappa shape index (κ1) is 19.8. The Hall–Kier alpha value is -2.53. The molecule has 2 heterocycles.